The maximum Gasteiger partial charge on any atom is 0.154 e. The molecule has 17 heavy (non-hydrogen) atoms. The Morgan fingerprint density at radius 1 is 1.35 bits per heavy atom. The zero-order chi connectivity index (χ0) is 13.1. The van der Waals surface area contributed by atoms with Crippen LogP contribution in [-0.4, -0.2) is 32.5 Å². The van der Waals surface area contributed by atoms with Crippen LogP contribution in [0, 0.1) is 0 Å². The molecule has 0 aromatic heterocycles. The van der Waals surface area contributed by atoms with E-state index in [1.807, 2.05) is 31.2 Å². The van der Waals surface area contributed by atoms with Gasteiger partial charge in [0.05, 0.1) is 5.75 Å². The molecule has 5 heteroatoms. The van der Waals surface area contributed by atoms with E-state index >= 15 is 0 Å². The SMILES string of the molecule is COC(C)OC.O=CCSc1ccccc1Br. The zero-order valence-corrected chi connectivity index (χ0v) is 12.6. The van der Waals surface area contributed by atoms with Crippen LogP contribution < -0.4 is 0 Å². The maximum absolute atomic E-state index is 10.1. The van der Waals surface area contributed by atoms with Gasteiger partial charge in [-0.1, -0.05) is 12.1 Å². The smallest absolute Gasteiger partial charge is 0.154 e. The summed E-state index contributed by atoms with van der Waals surface area (Å²) in [6.45, 7) is 1.83. The van der Waals surface area contributed by atoms with Crippen LogP contribution >= 0.6 is 27.7 Å². The van der Waals surface area contributed by atoms with E-state index in [1.54, 1.807) is 14.2 Å². The summed E-state index contributed by atoms with van der Waals surface area (Å²) < 4.78 is 10.4. The number of carbonyl (C=O) groups excluding carboxylic acids is 1. The quantitative estimate of drug-likeness (QED) is 0.473. The maximum atomic E-state index is 10.1. The molecule has 0 bridgehead atoms. The Labute approximate surface area is 115 Å². The number of hydrogen-bond donors (Lipinski definition) is 0. The van der Waals surface area contributed by atoms with Crippen molar-refractivity contribution in [1.82, 2.24) is 0 Å². The summed E-state index contributed by atoms with van der Waals surface area (Å²) >= 11 is 4.92. The molecular formula is C12H17BrO3S. The van der Waals surface area contributed by atoms with Crippen LogP contribution in [-0.2, 0) is 14.3 Å². The lowest BCUT2D eigenvalue weighted by molar-refractivity contribution is -0.105. The van der Waals surface area contributed by atoms with Crippen LogP contribution in [0.4, 0.5) is 0 Å². The summed E-state index contributed by atoms with van der Waals surface area (Å²) in [5.74, 6) is 0.516. The summed E-state index contributed by atoms with van der Waals surface area (Å²) in [6, 6.07) is 7.86. The number of benzene rings is 1. The van der Waals surface area contributed by atoms with E-state index in [0.29, 0.717) is 5.75 Å². The number of hydrogen-bond acceptors (Lipinski definition) is 4. The predicted molar refractivity (Wildman–Crippen MR) is 74.4 cm³/mol. The Morgan fingerprint density at radius 3 is 2.35 bits per heavy atom. The number of rotatable bonds is 5. The van der Waals surface area contributed by atoms with Gasteiger partial charge in [-0.3, -0.25) is 0 Å². The minimum absolute atomic E-state index is 0.0648. The van der Waals surface area contributed by atoms with Gasteiger partial charge in [0.25, 0.3) is 0 Å². The lowest BCUT2D eigenvalue weighted by atomic mass is 10.4. The second-order valence-corrected chi connectivity index (χ2v) is 4.86. The lowest BCUT2D eigenvalue weighted by Crippen LogP contribution is -2.05. The van der Waals surface area contributed by atoms with Gasteiger partial charge in [0.2, 0.25) is 0 Å². The molecule has 0 aliphatic carbocycles. The van der Waals surface area contributed by atoms with E-state index in [0.717, 1.165) is 15.7 Å². The van der Waals surface area contributed by atoms with Crippen molar-refractivity contribution in [1.29, 1.82) is 0 Å². The highest BCUT2D eigenvalue weighted by Crippen LogP contribution is 2.25. The van der Waals surface area contributed by atoms with E-state index < -0.39 is 0 Å². The van der Waals surface area contributed by atoms with Crippen molar-refractivity contribution in [2.75, 3.05) is 20.0 Å². The molecule has 0 heterocycles. The topological polar surface area (TPSA) is 35.5 Å². The van der Waals surface area contributed by atoms with Gasteiger partial charge in [-0.2, -0.15) is 0 Å². The number of aldehydes is 1. The van der Waals surface area contributed by atoms with Gasteiger partial charge in [-0.15, -0.1) is 11.8 Å². The van der Waals surface area contributed by atoms with Crippen LogP contribution in [0.3, 0.4) is 0 Å². The first-order chi connectivity index (χ1) is 8.15. The molecular weight excluding hydrogens is 304 g/mol. The third-order valence-electron chi connectivity index (χ3n) is 1.81. The minimum Gasteiger partial charge on any atom is -0.356 e. The highest BCUT2D eigenvalue weighted by Gasteiger charge is 1.96. The molecule has 1 aromatic rings. The van der Waals surface area contributed by atoms with Crippen LogP contribution in [0.15, 0.2) is 33.6 Å². The van der Waals surface area contributed by atoms with Gasteiger partial charge in [0, 0.05) is 23.6 Å². The molecule has 0 aliphatic rings. The third kappa shape index (κ3) is 8.37. The Morgan fingerprint density at radius 2 is 1.94 bits per heavy atom. The highest BCUT2D eigenvalue weighted by molar-refractivity contribution is 9.10. The van der Waals surface area contributed by atoms with Crippen molar-refractivity contribution < 1.29 is 14.3 Å². The molecule has 0 atom stereocenters. The normalized spacial score (nSPS) is 9.71. The second-order valence-electron chi connectivity index (χ2n) is 2.95. The largest absolute Gasteiger partial charge is 0.356 e. The predicted octanol–water partition coefficient (Wildman–Crippen LogP) is 3.37. The number of ether oxygens (including phenoxy) is 2. The lowest BCUT2D eigenvalue weighted by Gasteiger charge is -2.03. The monoisotopic (exact) mass is 320 g/mol. The number of halogens is 1. The third-order valence-corrected chi connectivity index (χ3v) is 3.73. The van der Waals surface area contributed by atoms with Gasteiger partial charge < -0.3 is 14.3 Å². The molecule has 0 unspecified atom stereocenters. The van der Waals surface area contributed by atoms with Crippen molar-refractivity contribution in [2.24, 2.45) is 0 Å². The first-order valence-corrected chi connectivity index (χ1v) is 6.80. The fourth-order valence-electron chi connectivity index (χ4n) is 0.782. The van der Waals surface area contributed by atoms with Gasteiger partial charge in [-0.25, -0.2) is 0 Å². The molecule has 0 amide bonds. The Bertz CT molecular complexity index is 316. The van der Waals surface area contributed by atoms with Crippen molar-refractivity contribution in [3.63, 3.8) is 0 Å². The Kier molecular flexibility index (Phi) is 10.5. The Hall–Kier alpha value is -0.360. The first kappa shape index (κ1) is 16.6. The molecule has 0 fully saturated rings. The number of methoxy groups -OCH3 is 2. The highest BCUT2D eigenvalue weighted by atomic mass is 79.9. The molecule has 0 N–H and O–H groups in total. The van der Waals surface area contributed by atoms with Crippen LogP contribution in [0.25, 0.3) is 0 Å². The molecule has 0 aliphatic heterocycles. The van der Waals surface area contributed by atoms with Crippen molar-refractivity contribution >= 4 is 34.0 Å². The number of thioether (sulfide) groups is 1. The zero-order valence-electron chi connectivity index (χ0n) is 10.2. The van der Waals surface area contributed by atoms with Gasteiger partial charge in [0.15, 0.2) is 6.29 Å². The molecule has 1 rings (SSSR count). The minimum atomic E-state index is -0.0648. The van der Waals surface area contributed by atoms with Crippen molar-refractivity contribution in [3.05, 3.63) is 28.7 Å². The summed E-state index contributed by atoms with van der Waals surface area (Å²) in [7, 11) is 3.21. The van der Waals surface area contributed by atoms with Crippen molar-refractivity contribution in [3.8, 4) is 0 Å². The molecule has 0 saturated heterocycles. The molecule has 96 valence electrons. The average Bonchev–Trinajstić information content (AvgIpc) is 2.37. The molecule has 3 nitrogen and oxygen atoms in total. The molecule has 0 radical (unpaired) electrons. The second kappa shape index (κ2) is 10.8. The van der Waals surface area contributed by atoms with Crippen LogP contribution in [0.5, 0.6) is 0 Å². The van der Waals surface area contributed by atoms with E-state index in [4.69, 9.17) is 0 Å². The van der Waals surface area contributed by atoms with Gasteiger partial charge in [0.1, 0.15) is 6.29 Å². The van der Waals surface area contributed by atoms with Crippen molar-refractivity contribution in [2.45, 2.75) is 18.1 Å². The fourth-order valence-corrected chi connectivity index (χ4v) is 2.04. The fraction of sp³-hybridized carbons (Fsp3) is 0.417. The van der Waals surface area contributed by atoms with Gasteiger partial charge >= 0.3 is 0 Å². The summed E-state index contributed by atoms with van der Waals surface area (Å²) in [5.41, 5.74) is 0. The average molecular weight is 321 g/mol. The van der Waals surface area contributed by atoms with E-state index in [2.05, 4.69) is 25.4 Å². The first-order valence-electron chi connectivity index (χ1n) is 5.02. The van der Waals surface area contributed by atoms with Crippen LogP contribution in [0.2, 0.25) is 0 Å². The summed E-state index contributed by atoms with van der Waals surface area (Å²) in [6.07, 6.45) is 0.842. The molecule has 1 aromatic carbocycles. The van der Waals surface area contributed by atoms with E-state index in [-0.39, 0.29) is 6.29 Å². The van der Waals surface area contributed by atoms with Gasteiger partial charge in [-0.05, 0) is 35.0 Å². The number of carbonyl (C=O) groups is 1. The van der Waals surface area contributed by atoms with E-state index in [9.17, 15) is 4.79 Å². The van der Waals surface area contributed by atoms with Crippen LogP contribution in [0.1, 0.15) is 6.92 Å². The molecule has 0 spiro atoms. The summed E-state index contributed by atoms with van der Waals surface area (Å²) in [5, 5.41) is 0. The summed E-state index contributed by atoms with van der Waals surface area (Å²) in [4.78, 5) is 11.2. The molecule has 0 saturated carbocycles. The van der Waals surface area contributed by atoms with E-state index in [1.165, 1.54) is 11.8 Å². The Balaban J connectivity index is 0.000000366. The standard InChI is InChI=1S/C8H7BrOS.C4H10O2/c9-7-3-1-2-4-8(7)11-6-5-10;1-4(5-2)6-3/h1-5H,6H2;4H,1-3H3.